The minimum Gasteiger partial charge on any atom is -0.279 e. The molecule has 0 heterocycles. The van der Waals surface area contributed by atoms with Gasteiger partial charge in [0.2, 0.25) is 0 Å². The molecular formula is C32H24N2. The minimum absolute atomic E-state index is 0.0655. The van der Waals surface area contributed by atoms with Gasteiger partial charge in [-0.15, -0.1) is 0 Å². The van der Waals surface area contributed by atoms with Crippen LogP contribution in [0.1, 0.15) is 56.6 Å². The van der Waals surface area contributed by atoms with E-state index in [9.17, 15) is 0 Å². The van der Waals surface area contributed by atoms with Gasteiger partial charge in [-0.3, -0.25) is 9.98 Å². The summed E-state index contributed by atoms with van der Waals surface area (Å²) in [5, 5.41) is 0. The Kier molecular flexibility index (Phi) is 5.33. The SMILES string of the molecule is C1=Cc2ccccc2C(N=CC=NC2c3ccccc3C=Cc3ccccc32)c2ccccc21. The standard InChI is InChI=1S/C32H24N2/c1-5-13-27-23(9-1)17-18-24-10-2-6-14-28(24)31(27)33-21-22-34-32-29-15-7-3-11-25(29)19-20-26-12-4-8-16-30(26)32/h1-22,31-32H. The Morgan fingerprint density at radius 3 is 0.941 bits per heavy atom. The lowest BCUT2D eigenvalue weighted by atomic mass is 9.94. The molecule has 0 saturated carbocycles. The van der Waals surface area contributed by atoms with Crippen molar-refractivity contribution in [1.29, 1.82) is 0 Å². The van der Waals surface area contributed by atoms with Gasteiger partial charge in [0.25, 0.3) is 0 Å². The summed E-state index contributed by atoms with van der Waals surface area (Å²) in [5.41, 5.74) is 9.66. The van der Waals surface area contributed by atoms with E-state index in [2.05, 4.69) is 121 Å². The smallest absolute Gasteiger partial charge is 0.101 e. The predicted molar refractivity (Wildman–Crippen MR) is 144 cm³/mol. The Labute approximate surface area is 200 Å². The molecule has 0 fully saturated rings. The number of nitrogens with zero attached hydrogens (tertiary/aromatic N) is 2. The fourth-order valence-electron chi connectivity index (χ4n) is 4.91. The van der Waals surface area contributed by atoms with Crippen LogP contribution in [-0.2, 0) is 0 Å². The van der Waals surface area contributed by atoms with E-state index < -0.39 is 0 Å². The second kappa shape index (κ2) is 8.92. The molecule has 2 nitrogen and oxygen atoms in total. The van der Waals surface area contributed by atoms with Crippen LogP contribution >= 0.6 is 0 Å². The second-order valence-corrected chi connectivity index (χ2v) is 8.58. The molecule has 0 radical (unpaired) electrons. The van der Waals surface area contributed by atoms with Crippen molar-refractivity contribution in [3.8, 4) is 0 Å². The fourth-order valence-corrected chi connectivity index (χ4v) is 4.91. The van der Waals surface area contributed by atoms with Gasteiger partial charge in [0.15, 0.2) is 0 Å². The van der Waals surface area contributed by atoms with Gasteiger partial charge in [0, 0.05) is 12.4 Å². The molecule has 0 atom stereocenters. The lowest BCUT2D eigenvalue weighted by molar-refractivity contribution is 0.870. The van der Waals surface area contributed by atoms with Crippen molar-refractivity contribution in [3.63, 3.8) is 0 Å². The highest BCUT2D eigenvalue weighted by Crippen LogP contribution is 2.36. The molecule has 0 saturated heterocycles. The summed E-state index contributed by atoms with van der Waals surface area (Å²) in [6.45, 7) is 0. The highest BCUT2D eigenvalue weighted by atomic mass is 14.8. The largest absolute Gasteiger partial charge is 0.279 e. The first kappa shape index (κ1) is 20.3. The third-order valence-electron chi connectivity index (χ3n) is 6.58. The zero-order valence-corrected chi connectivity index (χ0v) is 18.8. The van der Waals surface area contributed by atoms with E-state index in [1.807, 2.05) is 12.4 Å². The van der Waals surface area contributed by atoms with E-state index in [0.29, 0.717) is 0 Å². The third kappa shape index (κ3) is 3.74. The molecule has 6 rings (SSSR count). The number of fused-ring (bicyclic) bond motifs is 4. The molecule has 0 spiro atoms. The van der Waals surface area contributed by atoms with E-state index in [1.165, 1.54) is 44.5 Å². The molecule has 0 aliphatic heterocycles. The van der Waals surface area contributed by atoms with Crippen LogP contribution in [0.15, 0.2) is 107 Å². The normalized spacial score (nSPS) is 14.9. The van der Waals surface area contributed by atoms with Gasteiger partial charge in [-0.1, -0.05) is 121 Å². The zero-order valence-electron chi connectivity index (χ0n) is 18.8. The first-order valence-electron chi connectivity index (χ1n) is 11.7. The molecule has 4 aromatic rings. The monoisotopic (exact) mass is 436 g/mol. The van der Waals surface area contributed by atoms with Crippen molar-refractivity contribution in [1.82, 2.24) is 0 Å². The summed E-state index contributed by atoms with van der Waals surface area (Å²) in [7, 11) is 0. The Bertz CT molecular complexity index is 1260. The molecule has 4 aromatic carbocycles. The first-order chi connectivity index (χ1) is 16.9. The van der Waals surface area contributed by atoms with Crippen LogP contribution in [0.25, 0.3) is 24.3 Å². The Balaban J connectivity index is 1.38. The van der Waals surface area contributed by atoms with Gasteiger partial charge in [-0.25, -0.2) is 0 Å². The van der Waals surface area contributed by atoms with Gasteiger partial charge < -0.3 is 0 Å². The maximum atomic E-state index is 5.02. The number of benzene rings is 4. The fraction of sp³-hybridized carbons (Fsp3) is 0.0625. The number of hydrogen-bond donors (Lipinski definition) is 0. The van der Waals surface area contributed by atoms with E-state index >= 15 is 0 Å². The molecule has 0 amide bonds. The summed E-state index contributed by atoms with van der Waals surface area (Å²) < 4.78 is 0. The summed E-state index contributed by atoms with van der Waals surface area (Å²) in [6, 6.07) is 33.8. The Hall–Kier alpha value is -4.30. The van der Waals surface area contributed by atoms with Crippen molar-refractivity contribution in [2.45, 2.75) is 12.1 Å². The number of hydrogen-bond acceptors (Lipinski definition) is 2. The van der Waals surface area contributed by atoms with Crippen LogP contribution in [0.2, 0.25) is 0 Å². The lowest BCUT2D eigenvalue weighted by Gasteiger charge is -2.17. The molecule has 0 aromatic heterocycles. The summed E-state index contributed by atoms with van der Waals surface area (Å²) in [4.78, 5) is 10.0. The van der Waals surface area contributed by atoms with Crippen molar-refractivity contribution in [2.24, 2.45) is 9.98 Å². The summed E-state index contributed by atoms with van der Waals surface area (Å²) in [5.74, 6) is 0. The predicted octanol–water partition coefficient (Wildman–Crippen LogP) is 7.67. The van der Waals surface area contributed by atoms with Crippen LogP contribution in [0.4, 0.5) is 0 Å². The summed E-state index contributed by atoms with van der Waals surface area (Å²) in [6.07, 6.45) is 12.5. The molecule has 0 N–H and O–H groups in total. The van der Waals surface area contributed by atoms with E-state index in [0.717, 1.165) is 0 Å². The van der Waals surface area contributed by atoms with E-state index in [4.69, 9.17) is 9.98 Å². The molecular weight excluding hydrogens is 412 g/mol. The third-order valence-corrected chi connectivity index (χ3v) is 6.58. The second-order valence-electron chi connectivity index (χ2n) is 8.58. The molecule has 2 heteroatoms. The molecule has 34 heavy (non-hydrogen) atoms. The van der Waals surface area contributed by atoms with E-state index in [-0.39, 0.29) is 12.1 Å². The lowest BCUT2D eigenvalue weighted by Crippen LogP contribution is -2.03. The topological polar surface area (TPSA) is 24.7 Å². The average Bonchev–Trinajstić information content (AvgIpc) is 3.15. The van der Waals surface area contributed by atoms with Crippen molar-refractivity contribution in [2.75, 3.05) is 0 Å². The highest BCUT2D eigenvalue weighted by Gasteiger charge is 2.21. The van der Waals surface area contributed by atoms with Gasteiger partial charge in [0.05, 0.1) is 0 Å². The Morgan fingerprint density at radius 1 is 0.382 bits per heavy atom. The van der Waals surface area contributed by atoms with Crippen LogP contribution < -0.4 is 0 Å². The Morgan fingerprint density at radius 2 is 0.647 bits per heavy atom. The van der Waals surface area contributed by atoms with Crippen LogP contribution in [0.3, 0.4) is 0 Å². The van der Waals surface area contributed by atoms with Crippen LogP contribution in [0, 0.1) is 0 Å². The zero-order chi connectivity index (χ0) is 22.7. The van der Waals surface area contributed by atoms with Crippen LogP contribution in [-0.4, -0.2) is 12.4 Å². The minimum atomic E-state index is -0.0655. The van der Waals surface area contributed by atoms with Gasteiger partial charge in [-0.2, -0.15) is 0 Å². The van der Waals surface area contributed by atoms with Gasteiger partial charge in [-0.05, 0) is 44.5 Å². The number of aliphatic imine (C=N–C) groups is 2. The first-order valence-corrected chi connectivity index (χ1v) is 11.7. The highest BCUT2D eigenvalue weighted by molar-refractivity contribution is 6.16. The molecule has 162 valence electrons. The van der Waals surface area contributed by atoms with E-state index in [1.54, 1.807) is 0 Å². The molecule has 2 aliphatic carbocycles. The quantitative estimate of drug-likeness (QED) is 0.294. The molecule has 2 aliphatic rings. The molecule has 0 bridgehead atoms. The van der Waals surface area contributed by atoms with Crippen molar-refractivity contribution in [3.05, 3.63) is 142 Å². The van der Waals surface area contributed by atoms with Gasteiger partial charge >= 0.3 is 0 Å². The average molecular weight is 437 g/mol. The van der Waals surface area contributed by atoms with Crippen molar-refractivity contribution < 1.29 is 0 Å². The van der Waals surface area contributed by atoms with Crippen LogP contribution in [0.5, 0.6) is 0 Å². The van der Waals surface area contributed by atoms with Gasteiger partial charge in [0.1, 0.15) is 12.1 Å². The molecule has 0 unspecified atom stereocenters. The maximum absolute atomic E-state index is 5.02. The number of rotatable bonds is 3. The maximum Gasteiger partial charge on any atom is 0.101 e. The summed E-state index contributed by atoms with van der Waals surface area (Å²) >= 11 is 0. The van der Waals surface area contributed by atoms with Crippen molar-refractivity contribution >= 4 is 36.7 Å².